The average Bonchev–Trinajstić information content (AvgIpc) is 3.12. The van der Waals surface area contributed by atoms with Gasteiger partial charge >= 0.3 is 6.09 Å². The van der Waals surface area contributed by atoms with Crippen LogP contribution in [0.15, 0.2) is 53.7 Å². The Kier molecular flexibility index (Phi) is 5.15. The molecular formula is C22H25N5O3. The van der Waals surface area contributed by atoms with Gasteiger partial charge in [0.2, 0.25) is 0 Å². The van der Waals surface area contributed by atoms with Gasteiger partial charge in [-0.3, -0.25) is 0 Å². The summed E-state index contributed by atoms with van der Waals surface area (Å²) in [6, 6.07) is 15.1. The summed E-state index contributed by atoms with van der Waals surface area (Å²) in [6.07, 6.45) is -0.276. The molecule has 1 aliphatic rings. The van der Waals surface area contributed by atoms with E-state index in [1.165, 1.54) is 0 Å². The van der Waals surface area contributed by atoms with Crippen LogP contribution in [0.25, 0.3) is 16.6 Å². The second-order valence-corrected chi connectivity index (χ2v) is 8.31. The third-order valence-corrected chi connectivity index (χ3v) is 5.00. The smallest absolute Gasteiger partial charge is 0.410 e. The van der Waals surface area contributed by atoms with E-state index >= 15 is 0 Å². The number of nitroso groups, excluding NO2 is 1. The summed E-state index contributed by atoms with van der Waals surface area (Å²) >= 11 is 0. The number of aromatic nitrogens is 2. The fraction of sp³-hybridized carbons (Fsp3) is 0.364. The number of para-hydroxylation sites is 1. The highest BCUT2D eigenvalue weighted by Gasteiger charge is 2.27. The van der Waals surface area contributed by atoms with Gasteiger partial charge in [0.1, 0.15) is 11.3 Å². The number of piperazine rings is 1. The zero-order valence-electron chi connectivity index (χ0n) is 17.4. The van der Waals surface area contributed by atoms with Crippen LogP contribution in [-0.4, -0.2) is 52.6 Å². The van der Waals surface area contributed by atoms with Crippen LogP contribution in [0.5, 0.6) is 0 Å². The standard InChI is InChI=1S/C22H25N5O3/c1-22(2,3)30-21(28)26-14-12-25(13-15-26)20-18-6-4-5-7-19(18)27(23-20)17-10-8-16(24-29)9-11-17/h4-11H,12-15H2,1-3H3. The molecule has 1 saturated heterocycles. The van der Waals surface area contributed by atoms with Crippen LogP contribution in [0.3, 0.4) is 0 Å². The molecule has 1 amide bonds. The third kappa shape index (κ3) is 3.98. The monoisotopic (exact) mass is 407 g/mol. The molecule has 1 fully saturated rings. The Labute approximate surface area is 175 Å². The first-order chi connectivity index (χ1) is 14.4. The summed E-state index contributed by atoms with van der Waals surface area (Å²) in [4.78, 5) is 27.0. The maximum absolute atomic E-state index is 12.3. The van der Waals surface area contributed by atoms with E-state index in [0.29, 0.717) is 31.9 Å². The molecular weight excluding hydrogens is 382 g/mol. The summed E-state index contributed by atoms with van der Waals surface area (Å²) in [5.41, 5.74) is 1.72. The van der Waals surface area contributed by atoms with Gasteiger partial charge in [-0.15, -0.1) is 10.0 Å². The summed E-state index contributed by atoms with van der Waals surface area (Å²) in [6.45, 7) is 8.13. The first-order valence-corrected chi connectivity index (χ1v) is 10.0. The molecule has 4 rings (SSSR count). The number of hydrogen-bond acceptors (Lipinski definition) is 6. The number of carbonyl (C=O) groups is 1. The van der Waals surface area contributed by atoms with Crippen molar-refractivity contribution in [2.24, 2.45) is 5.18 Å². The first kappa shape index (κ1) is 19.9. The number of anilines is 1. The van der Waals surface area contributed by atoms with Gasteiger partial charge < -0.3 is 14.5 Å². The number of amides is 1. The van der Waals surface area contributed by atoms with Crippen LogP contribution in [0.4, 0.5) is 16.3 Å². The lowest BCUT2D eigenvalue weighted by Crippen LogP contribution is -2.50. The largest absolute Gasteiger partial charge is 0.444 e. The van der Waals surface area contributed by atoms with Crippen LogP contribution >= 0.6 is 0 Å². The first-order valence-electron chi connectivity index (χ1n) is 10.0. The van der Waals surface area contributed by atoms with E-state index in [4.69, 9.17) is 9.84 Å². The number of ether oxygens (including phenoxy) is 1. The lowest BCUT2D eigenvalue weighted by Gasteiger charge is -2.35. The van der Waals surface area contributed by atoms with E-state index in [2.05, 4.69) is 16.1 Å². The molecule has 2 aromatic carbocycles. The van der Waals surface area contributed by atoms with E-state index in [0.717, 1.165) is 22.4 Å². The van der Waals surface area contributed by atoms with Crippen molar-refractivity contribution in [1.29, 1.82) is 0 Å². The molecule has 0 spiro atoms. The van der Waals surface area contributed by atoms with Gasteiger partial charge in [-0.1, -0.05) is 12.1 Å². The molecule has 2 heterocycles. The Morgan fingerprint density at radius 1 is 1.00 bits per heavy atom. The van der Waals surface area contributed by atoms with Crippen LogP contribution in [-0.2, 0) is 4.74 Å². The number of fused-ring (bicyclic) bond motifs is 1. The SMILES string of the molecule is CC(C)(C)OC(=O)N1CCN(c2nn(-c3ccc(N=O)cc3)c3ccccc23)CC1. The highest BCUT2D eigenvalue weighted by atomic mass is 16.6. The molecule has 0 radical (unpaired) electrons. The van der Waals surface area contributed by atoms with Crippen molar-refractivity contribution in [3.63, 3.8) is 0 Å². The summed E-state index contributed by atoms with van der Waals surface area (Å²) in [5.74, 6) is 0.882. The van der Waals surface area contributed by atoms with E-state index in [1.54, 1.807) is 17.0 Å². The normalized spacial score (nSPS) is 14.8. The molecule has 8 heteroatoms. The molecule has 1 aromatic heterocycles. The Hall–Kier alpha value is -3.42. The van der Waals surface area contributed by atoms with Gasteiger partial charge in [-0.2, -0.15) is 0 Å². The number of nitrogens with zero attached hydrogens (tertiary/aromatic N) is 5. The van der Waals surface area contributed by atoms with Gasteiger partial charge in [0.15, 0.2) is 5.82 Å². The van der Waals surface area contributed by atoms with E-state index < -0.39 is 5.60 Å². The molecule has 8 nitrogen and oxygen atoms in total. The minimum Gasteiger partial charge on any atom is -0.444 e. The third-order valence-electron chi connectivity index (χ3n) is 5.00. The Morgan fingerprint density at radius 2 is 1.67 bits per heavy atom. The number of carbonyl (C=O) groups excluding carboxylic acids is 1. The number of hydrogen-bond donors (Lipinski definition) is 0. The van der Waals surface area contributed by atoms with Crippen LogP contribution in [0, 0.1) is 4.91 Å². The number of rotatable bonds is 3. The topological polar surface area (TPSA) is 80.0 Å². The van der Waals surface area contributed by atoms with E-state index in [1.807, 2.05) is 55.8 Å². The van der Waals surface area contributed by atoms with Gasteiger partial charge in [0.05, 0.1) is 11.2 Å². The van der Waals surface area contributed by atoms with Gasteiger partial charge in [0, 0.05) is 31.6 Å². The minimum atomic E-state index is -0.502. The zero-order valence-corrected chi connectivity index (χ0v) is 17.4. The summed E-state index contributed by atoms with van der Waals surface area (Å²) in [5, 5.41) is 8.87. The highest BCUT2D eigenvalue weighted by Crippen LogP contribution is 2.30. The van der Waals surface area contributed by atoms with Crippen molar-refractivity contribution < 1.29 is 9.53 Å². The highest BCUT2D eigenvalue weighted by molar-refractivity contribution is 5.92. The quantitative estimate of drug-likeness (QED) is 0.598. The maximum atomic E-state index is 12.3. The van der Waals surface area contributed by atoms with Gasteiger partial charge in [0.25, 0.3) is 0 Å². The molecule has 0 N–H and O–H groups in total. The summed E-state index contributed by atoms with van der Waals surface area (Å²) in [7, 11) is 0. The number of benzene rings is 2. The van der Waals surface area contributed by atoms with E-state index in [-0.39, 0.29) is 6.09 Å². The zero-order chi connectivity index (χ0) is 21.3. The average molecular weight is 407 g/mol. The molecule has 156 valence electrons. The van der Waals surface area contributed by atoms with Crippen LogP contribution < -0.4 is 4.90 Å². The van der Waals surface area contributed by atoms with E-state index in [9.17, 15) is 9.70 Å². The minimum absolute atomic E-state index is 0.276. The van der Waals surface area contributed by atoms with Crippen molar-refractivity contribution in [3.8, 4) is 5.69 Å². The Balaban J connectivity index is 1.58. The molecule has 30 heavy (non-hydrogen) atoms. The lowest BCUT2D eigenvalue weighted by atomic mass is 10.2. The Morgan fingerprint density at radius 3 is 2.30 bits per heavy atom. The van der Waals surface area contributed by atoms with Crippen molar-refractivity contribution >= 4 is 28.5 Å². The van der Waals surface area contributed by atoms with Crippen molar-refractivity contribution in [3.05, 3.63) is 53.4 Å². The predicted octanol–water partition coefficient (Wildman–Crippen LogP) is 4.48. The predicted molar refractivity (Wildman–Crippen MR) is 117 cm³/mol. The van der Waals surface area contributed by atoms with Crippen LogP contribution in [0.2, 0.25) is 0 Å². The van der Waals surface area contributed by atoms with Crippen molar-refractivity contribution in [2.75, 3.05) is 31.1 Å². The fourth-order valence-corrected chi connectivity index (χ4v) is 3.56. The lowest BCUT2D eigenvalue weighted by molar-refractivity contribution is 0.0240. The maximum Gasteiger partial charge on any atom is 0.410 e. The second kappa shape index (κ2) is 7.78. The summed E-state index contributed by atoms with van der Waals surface area (Å²) < 4.78 is 7.36. The molecule has 0 aliphatic carbocycles. The van der Waals surface area contributed by atoms with Crippen LogP contribution in [0.1, 0.15) is 20.8 Å². The second-order valence-electron chi connectivity index (χ2n) is 8.31. The molecule has 1 aliphatic heterocycles. The Bertz CT molecular complexity index is 1060. The van der Waals surface area contributed by atoms with Crippen molar-refractivity contribution in [1.82, 2.24) is 14.7 Å². The van der Waals surface area contributed by atoms with Crippen molar-refractivity contribution in [2.45, 2.75) is 26.4 Å². The molecule has 3 aromatic rings. The molecule has 0 saturated carbocycles. The van der Waals surface area contributed by atoms with Gasteiger partial charge in [-0.05, 0) is 62.3 Å². The van der Waals surface area contributed by atoms with Gasteiger partial charge in [-0.25, -0.2) is 9.48 Å². The fourth-order valence-electron chi connectivity index (χ4n) is 3.56. The molecule has 0 bridgehead atoms. The molecule has 0 unspecified atom stereocenters. The molecule has 0 atom stereocenters.